The molecule has 12 heteroatoms. The summed E-state index contributed by atoms with van der Waals surface area (Å²) in [7, 11) is -3.83. The van der Waals surface area contributed by atoms with Crippen molar-refractivity contribution in [2.45, 2.75) is 0 Å². The lowest BCUT2D eigenvalue weighted by Gasteiger charge is -2.00. The van der Waals surface area contributed by atoms with Crippen molar-refractivity contribution in [3.8, 4) is 0 Å². The van der Waals surface area contributed by atoms with E-state index >= 15 is 0 Å². The Labute approximate surface area is 125 Å². The molecule has 20 heavy (non-hydrogen) atoms. The molecule has 0 saturated heterocycles. The number of nitrogens with zero attached hydrogens (tertiary/aromatic N) is 2. The average Bonchev–Trinajstić information content (AvgIpc) is 2.34. The van der Waals surface area contributed by atoms with Crippen LogP contribution in [0.25, 0.3) is 0 Å². The highest BCUT2D eigenvalue weighted by Crippen LogP contribution is 2.15. The SMILES string of the molecule is N/C(CS)=N/Nc1ccc([N+](=O)[O-])cc1.O=S(O)(O)=S. The molecule has 1 aromatic carbocycles. The molecule has 0 fully saturated rings. The van der Waals surface area contributed by atoms with Crippen LogP contribution in [-0.4, -0.2) is 29.8 Å². The smallest absolute Gasteiger partial charge is 0.269 e. The molecule has 0 bridgehead atoms. The highest BCUT2D eigenvalue weighted by molar-refractivity contribution is 8.26. The van der Waals surface area contributed by atoms with E-state index in [1.165, 1.54) is 12.1 Å². The maximum atomic E-state index is 10.4. The topological polar surface area (TPSA) is 151 Å². The van der Waals surface area contributed by atoms with E-state index < -0.39 is 14.0 Å². The summed E-state index contributed by atoms with van der Waals surface area (Å²) in [5.41, 5.74) is 8.72. The Morgan fingerprint density at radius 2 is 1.95 bits per heavy atom. The highest BCUT2D eigenvalue weighted by atomic mass is 32.9. The van der Waals surface area contributed by atoms with E-state index in [1.54, 1.807) is 12.1 Å². The first-order valence-corrected chi connectivity index (χ1v) is 7.79. The lowest BCUT2D eigenvalue weighted by atomic mass is 10.3. The Bertz CT molecular complexity index is 564. The number of hydrogen-bond acceptors (Lipinski definition) is 7. The van der Waals surface area contributed by atoms with Gasteiger partial charge in [0.05, 0.1) is 10.6 Å². The molecule has 112 valence electrons. The zero-order chi connectivity index (χ0) is 15.8. The van der Waals surface area contributed by atoms with Crippen molar-refractivity contribution in [1.82, 2.24) is 0 Å². The van der Waals surface area contributed by atoms with Crippen molar-refractivity contribution in [2.75, 3.05) is 11.2 Å². The number of benzene rings is 1. The number of nitrogens with one attached hydrogen (secondary N) is 1. The van der Waals surface area contributed by atoms with Gasteiger partial charge in [0.25, 0.3) is 14.7 Å². The van der Waals surface area contributed by atoms with Crippen LogP contribution in [0.4, 0.5) is 11.4 Å². The Balaban J connectivity index is 0.000000621. The molecule has 1 rings (SSSR count). The number of amidine groups is 1. The zero-order valence-electron chi connectivity index (χ0n) is 9.87. The van der Waals surface area contributed by atoms with Gasteiger partial charge in [-0.05, 0) is 12.1 Å². The van der Waals surface area contributed by atoms with Gasteiger partial charge < -0.3 is 5.73 Å². The minimum atomic E-state index is -3.83. The molecule has 0 amide bonds. The fourth-order valence-corrected chi connectivity index (χ4v) is 0.900. The van der Waals surface area contributed by atoms with Crippen LogP contribution in [0.15, 0.2) is 29.4 Å². The summed E-state index contributed by atoms with van der Waals surface area (Å²) in [6, 6.07) is 5.87. The minimum absolute atomic E-state index is 0.0340. The molecular weight excluding hydrogens is 328 g/mol. The van der Waals surface area contributed by atoms with Crippen molar-refractivity contribution in [3.05, 3.63) is 34.4 Å². The van der Waals surface area contributed by atoms with E-state index in [0.717, 1.165) is 0 Å². The van der Waals surface area contributed by atoms with Gasteiger partial charge in [-0.25, -0.2) is 0 Å². The predicted octanol–water partition coefficient (Wildman–Crippen LogP) is 0.887. The van der Waals surface area contributed by atoms with Crippen LogP contribution in [0.3, 0.4) is 0 Å². The fraction of sp³-hybridized carbons (Fsp3) is 0.125. The van der Waals surface area contributed by atoms with Crippen molar-refractivity contribution in [2.24, 2.45) is 10.8 Å². The van der Waals surface area contributed by atoms with E-state index in [-0.39, 0.29) is 5.69 Å². The molecule has 0 aliphatic heterocycles. The molecule has 0 aliphatic carbocycles. The lowest BCUT2D eigenvalue weighted by Crippen LogP contribution is -2.15. The van der Waals surface area contributed by atoms with E-state index in [1.807, 2.05) is 0 Å². The number of nitro groups is 1. The third-order valence-corrected chi connectivity index (χ3v) is 1.89. The van der Waals surface area contributed by atoms with Crippen molar-refractivity contribution in [1.29, 1.82) is 0 Å². The monoisotopic (exact) mass is 340 g/mol. The molecular formula is C8H12N4O5S3. The Morgan fingerprint density at radius 1 is 1.50 bits per heavy atom. The van der Waals surface area contributed by atoms with Crippen LogP contribution in [0.5, 0.6) is 0 Å². The van der Waals surface area contributed by atoms with Crippen molar-refractivity contribution < 1.29 is 18.2 Å². The lowest BCUT2D eigenvalue weighted by molar-refractivity contribution is -0.384. The minimum Gasteiger partial charge on any atom is -0.385 e. The standard InChI is InChI=1S/C8H10N4O2S.H2O3S2/c9-8(5-15)11-10-6-1-3-7(4-2-6)12(13)14;1-5(2,3)4/h1-4,10,15H,5H2,(H2,9,11);(H2,1,2,3,4). The Kier molecular flexibility index (Phi) is 8.02. The summed E-state index contributed by atoms with van der Waals surface area (Å²) in [4.78, 5) is 9.89. The van der Waals surface area contributed by atoms with Crippen LogP contribution >= 0.6 is 12.6 Å². The predicted molar refractivity (Wildman–Crippen MR) is 83.0 cm³/mol. The molecule has 0 unspecified atom stereocenters. The average molecular weight is 340 g/mol. The second-order valence-corrected chi connectivity index (χ2v) is 5.64. The first kappa shape index (κ1) is 18.5. The van der Waals surface area contributed by atoms with E-state index in [4.69, 9.17) is 19.0 Å². The van der Waals surface area contributed by atoms with Gasteiger partial charge in [-0.3, -0.25) is 24.6 Å². The van der Waals surface area contributed by atoms with Gasteiger partial charge in [-0.2, -0.15) is 21.9 Å². The van der Waals surface area contributed by atoms with Crippen LogP contribution in [0.1, 0.15) is 0 Å². The first-order chi connectivity index (χ1) is 9.13. The second-order valence-electron chi connectivity index (χ2n) is 3.12. The van der Waals surface area contributed by atoms with E-state index in [9.17, 15) is 10.1 Å². The number of anilines is 1. The summed E-state index contributed by atoms with van der Waals surface area (Å²) in [5, 5.41) is 14.1. The van der Waals surface area contributed by atoms with Gasteiger partial charge >= 0.3 is 0 Å². The molecule has 0 atom stereocenters. The van der Waals surface area contributed by atoms with Gasteiger partial charge in [0.2, 0.25) is 0 Å². The molecule has 0 spiro atoms. The number of thiol groups is 1. The molecule has 0 aromatic heterocycles. The van der Waals surface area contributed by atoms with Crippen molar-refractivity contribution in [3.63, 3.8) is 0 Å². The van der Waals surface area contributed by atoms with Crippen LogP contribution in [0.2, 0.25) is 0 Å². The second kappa shape index (κ2) is 8.65. The highest BCUT2D eigenvalue weighted by Gasteiger charge is 2.02. The normalized spacial score (nSPS) is 11.2. The maximum Gasteiger partial charge on any atom is 0.269 e. The molecule has 9 nitrogen and oxygen atoms in total. The first-order valence-electron chi connectivity index (χ1n) is 4.76. The summed E-state index contributed by atoms with van der Waals surface area (Å²) in [6.07, 6.45) is 0. The Hall–Kier alpha value is -1.47. The summed E-state index contributed by atoms with van der Waals surface area (Å²) in [5.74, 6) is 0.691. The molecule has 0 aliphatic rings. The molecule has 0 heterocycles. The number of hydrazone groups is 1. The van der Waals surface area contributed by atoms with Crippen LogP contribution in [-0.2, 0) is 20.2 Å². The van der Waals surface area contributed by atoms with Gasteiger partial charge in [-0.15, -0.1) is 0 Å². The zero-order valence-corrected chi connectivity index (χ0v) is 12.4. The van der Waals surface area contributed by atoms with Gasteiger partial charge in [0, 0.05) is 29.1 Å². The van der Waals surface area contributed by atoms with Crippen LogP contribution < -0.4 is 11.2 Å². The summed E-state index contributed by atoms with van der Waals surface area (Å²) >= 11 is 7.39. The third-order valence-electron chi connectivity index (χ3n) is 1.57. The molecule has 1 aromatic rings. The maximum absolute atomic E-state index is 10.4. The molecule has 5 N–H and O–H groups in total. The number of nitrogens with two attached hydrogens (primary N) is 1. The number of rotatable bonds is 4. The quantitative estimate of drug-likeness (QED) is 0.178. The molecule has 0 saturated carbocycles. The molecule has 0 radical (unpaired) electrons. The van der Waals surface area contributed by atoms with Gasteiger partial charge in [0.1, 0.15) is 5.84 Å². The third kappa shape index (κ3) is 10.5. The van der Waals surface area contributed by atoms with E-state index in [0.29, 0.717) is 17.3 Å². The summed E-state index contributed by atoms with van der Waals surface area (Å²) in [6.45, 7) is 0. The van der Waals surface area contributed by atoms with Crippen LogP contribution in [0, 0.1) is 10.1 Å². The van der Waals surface area contributed by atoms with Crippen molar-refractivity contribution >= 4 is 50.1 Å². The van der Waals surface area contributed by atoms with E-state index in [2.05, 4.69) is 34.3 Å². The van der Waals surface area contributed by atoms with Gasteiger partial charge in [-0.1, -0.05) is 0 Å². The largest absolute Gasteiger partial charge is 0.385 e. The Morgan fingerprint density at radius 3 is 2.30 bits per heavy atom. The number of nitro benzene ring substituents is 1. The van der Waals surface area contributed by atoms with Gasteiger partial charge in [0.15, 0.2) is 0 Å². The number of hydrogen-bond donors (Lipinski definition) is 5. The summed E-state index contributed by atoms with van der Waals surface area (Å²) < 4.78 is 24.0. The fourth-order valence-electron chi connectivity index (χ4n) is 0.829. The number of non-ortho nitro benzene ring substituents is 1.